The van der Waals surface area contributed by atoms with Crippen molar-refractivity contribution < 1.29 is 9.47 Å². The van der Waals surface area contributed by atoms with E-state index in [-0.39, 0.29) is 6.29 Å². The molecular formula is C17H18O2. The highest BCUT2D eigenvalue weighted by Gasteiger charge is 2.04. The Morgan fingerprint density at radius 1 is 1.16 bits per heavy atom. The lowest BCUT2D eigenvalue weighted by molar-refractivity contribution is -0.0989. The van der Waals surface area contributed by atoms with Crippen LogP contribution in [0.3, 0.4) is 0 Å². The minimum atomic E-state index is -0.264. The van der Waals surface area contributed by atoms with Gasteiger partial charge in [-0.3, -0.25) is 0 Å². The van der Waals surface area contributed by atoms with E-state index in [9.17, 15) is 0 Å². The van der Waals surface area contributed by atoms with Gasteiger partial charge in [0, 0.05) is 6.08 Å². The fourth-order valence-electron chi connectivity index (χ4n) is 1.73. The van der Waals surface area contributed by atoms with Crippen LogP contribution in [-0.4, -0.2) is 12.9 Å². The summed E-state index contributed by atoms with van der Waals surface area (Å²) in [6.07, 6.45) is 10.00. The second kappa shape index (κ2) is 7.42. The molecule has 0 aromatic heterocycles. The van der Waals surface area contributed by atoms with E-state index >= 15 is 0 Å². The maximum atomic E-state index is 5.66. The van der Waals surface area contributed by atoms with Crippen LogP contribution < -0.4 is 0 Å². The Labute approximate surface area is 114 Å². The van der Waals surface area contributed by atoms with Gasteiger partial charge in [-0.05, 0) is 31.1 Å². The molecule has 0 bridgehead atoms. The molecule has 1 aromatic rings. The standard InChI is InChI=1S/C17H18O2/c1-15(19-17-11-7-2-3-8-12-17)18-14-13-16-9-5-4-6-10-16/h2-7,9-12,15H,13-14H2,1H3. The van der Waals surface area contributed by atoms with E-state index < -0.39 is 0 Å². The molecule has 0 aliphatic heterocycles. The summed E-state index contributed by atoms with van der Waals surface area (Å²) in [7, 11) is 0. The van der Waals surface area contributed by atoms with Crippen LogP contribution in [0.15, 0.2) is 72.2 Å². The smallest absolute Gasteiger partial charge is 0.197 e. The van der Waals surface area contributed by atoms with E-state index in [1.54, 1.807) is 6.08 Å². The Morgan fingerprint density at radius 3 is 2.84 bits per heavy atom. The number of allylic oxidation sites excluding steroid dienone is 4. The third-order valence-corrected chi connectivity index (χ3v) is 2.68. The average molecular weight is 254 g/mol. The zero-order valence-electron chi connectivity index (χ0n) is 11.1. The van der Waals surface area contributed by atoms with Crippen molar-refractivity contribution in [3.05, 3.63) is 77.8 Å². The fourth-order valence-corrected chi connectivity index (χ4v) is 1.73. The molecule has 1 aliphatic rings. The van der Waals surface area contributed by atoms with Gasteiger partial charge < -0.3 is 9.47 Å². The highest BCUT2D eigenvalue weighted by atomic mass is 16.7. The predicted octanol–water partition coefficient (Wildman–Crippen LogP) is 3.77. The molecular weight excluding hydrogens is 236 g/mol. The van der Waals surface area contributed by atoms with E-state index in [1.807, 2.05) is 49.4 Å². The molecule has 0 fully saturated rings. The number of hydrogen-bond acceptors (Lipinski definition) is 2. The summed E-state index contributed by atoms with van der Waals surface area (Å²) in [5.41, 5.74) is 4.27. The number of rotatable bonds is 6. The van der Waals surface area contributed by atoms with Crippen molar-refractivity contribution >= 4 is 0 Å². The fraction of sp³-hybridized carbons (Fsp3) is 0.235. The highest BCUT2D eigenvalue weighted by Crippen LogP contribution is 2.08. The van der Waals surface area contributed by atoms with Gasteiger partial charge in [0.2, 0.25) is 0 Å². The molecule has 0 saturated heterocycles. The Bertz CT molecular complexity index is 505. The Hall–Kier alpha value is -2.02. The highest BCUT2D eigenvalue weighted by molar-refractivity contribution is 5.24. The van der Waals surface area contributed by atoms with Gasteiger partial charge in [0.1, 0.15) is 5.76 Å². The molecule has 0 amide bonds. The van der Waals surface area contributed by atoms with Crippen molar-refractivity contribution in [1.29, 1.82) is 0 Å². The van der Waals surface area contributed by atoms with E-state index in [0.717, 1.165) is 12.2 Å². The Kier molecular flexibility index (Phi) is 5.24. The van der Waals surface area contributed by atoms with Crippen LogP contribution in [0.2, 0.25) is 0 Å². The van der Waals surface area contributed by atoms with Crippen molar-refractivity contribution in [1.82, 2.24) is 0 Å². The minimum Gasteiger partial charge on any atom is -0.465 e. The van der Waals surface area contributed by atoms with Crippen LogP contribution in [0.4, 0.5) is 0 Å². The molecule has 2 rings (SSSR count). The maximum Gasteiger partial charge on any atom is 0.197 e. The minimum absolute atomic E-state index is 0.264. The van der Waals surface area contributed by atoms with Crippen molar-refractivity contribution in [2.75, 3.05) is 6.61 Å². The van der Waals surface area contributed by atoms with Crippen molar-refractivity contribution in [2.45, 2.75) is 19.6 Å². The van der Waals surface area contributed by atoms with Crippen LogP contribution in [-0.2, 0) is 15.9 Å². The molecule has 1 atom stereocenters. The van der Waals surface area contributed by atoms with E-state index in [4.69, 9.17) is 9.47 Å². The molecule has 0 N–H and O–H groups in total. The molecule has 2 nitrogen and oxygen atoms in total. The van der Waals surface area contributed by atoms with Crippen molar-refractivity contribution in [3.63, 3.8) is 0 Å². The van der Waals surface area contributed by atoms with Gasteiger partial charge in [0.25, 0.3) is 0 Å². The van der Waals surface area contributed by atoms with Gasteiger partial charge in [-0.1, -0.05) is 42.5 Å². The monoisotopic (exact) mass is 254 g/mol. The second-order valence-corrected chi connectivity index (χ2v) is 4.22. The third kappa shape index (κ3) is 5.01. The van der Waals surface area contributed by atoms with Gasteiger partial charge in [-0.15, -0.1) is 5.73 Å². The number of ether oxygens (including phenoxy) is 2. The third-order valence-electron chi connectivity index (χ3n) is 2.68. The largest absolute Gasteiger partial charge is 0.465 e. The van der Waals surface area contributed by atoms with E-state index in [2.05, 4.69) is 17.9 Å². The van der Waals surface area contributed by atoms with Gasteiger partial charge in [0.15, 0.2) is 6.29 Å². The number of benzene rings is 1. The quantitative estimate of drug-likeness (QED) is 0.568. The lowest BCUT2D eigenvalue weighted by atomic mass is 10.2. The van der Waals surface area contributed by atoms with Gasteiger partial charge in [0.05, 0.1) is 6.61 Å². The molecule has 1 unspecified atom stereocenters. The summed E-state index contributed by atoms with van der Waals surface area (Å²) in [4.78, 5) is 0. The zero-order valence-corrected chi connectivity index (χ0v) is 11.1. The summed E-state index contributed by atoms with van der Waals surface area (Å²) < 4.78 is 11.3. The Morgan fingerprint density at radius 2 is 2.00 bits per heavy atom. The molecule has 1 aliphatic carbocycles. The van der Waals surface area contributed by atoms with Crippen LogP contribution in [0.1, 0.15) is 12.5 Å². The van der Waals surface area contributed by atoms with Gasteiger partial charge in [-0.2, -0.15) is 0 Å². The first-order valence-corrected chi connectivity index (χ1v) is 6.46. The van der Waals surface area contributed by atoms with E-state index in [1.165, 1.54) is 5.56 Å². The zero-order chi connectivity index (χ0) is 13.3. The summed E-state index contributed by atoms with van der Waals surface area (Å²) in [5, 5.41) is 0. The first-order chi connectivity index (χ1) is 9.34. The average Bonchev–Trinajstić information content (AvgIpc) is 2.68. The summed E-state index contributed by atoms with van der Waals surface area (Å²) in [5.74, 6) is 0.761. The molecule has 0 heterocycles. The lowest BCUT2D eigenvalue weighted by Gasteiger charge is -2.15. The summed E-state index contributed by atoms with van der Waals surface area (Å²) in [6.45, 7) is 2.55. The second-order valence-electron chi connectivity index (χ2n) is 4.22. The van der Waals surface area contributed by atoms with Gasteiger partial charge >= 0.3 is 0 Å². The van der Waals surface area contributed by atoms with Crippen LogP contribution in [0, 0.1) is 0 Å². The van der Waals surface area contributed by atoms with E-state index in [0.29, 0.717) is 6.61 Å². The lowest BCUT2D eigenvalue weighted by Crippen LogP contribution is -2.14. The normalized spacial score (nSPS) is 14.9. The molecule has 2 heteroatoms. The number of hydrogen-bond donors (Lipinski definition) is 0. The predicted molar refractivity (Wildman–Crippen MR) is 76.5 cm³/mol. The molecule has 98 valence electrons. The SMILES string of the molecule is CC(OCCc1ccccc1)OC1=CC=CC=C=C1. The molecule has 0 saturated carbocycles. The summed E-state index contributed by atoms with van der Waals surface area (Å²) >= 11 is 0. The summed E-state index contributed by atoms with van der Waals surface area (Å²) in [6, 6.07) is 10.3. The van der Waals surface area contributed by atoms with Gasteiger partial charge in [-0.25, -0.2) is 0 Å². The van der Waals surface area contributed by atoms with Crippen molar-refractivity contribution in [3.8, 4) is 0 Å². The van der Waals surface area contributed by atoms with Crippen molar-refractivity contribution in [2.24, 2.45) is 0 Å². The Balaban J connectivity index is 1.73. The maximum absolute atomic E-state index is 5.66. The molecule has 0 spiro atoms. The van der Waals surface area contributed by atoms with Crippen LogP contribution >= 0.6 is 0 Å². The molecule has 1 aromatic carbocycles. The first-order valence-electron chi connectivity index (χ1n) is 6.46. The van der Waals surface area contributed by atoms with Crippen LogP contribution in [0.25, 0.3) is 0 Å². The molecule has 19 heavy (non-hydrogen) atoms. The topological polar surface area (TPSA) is 18.5 Å². The first kappa shape index (κ1) is 13.4. The van der Waals surface area contributed by atoms with Crippen LogP contribution in [0.5, 0.6) is 0 Å². The molecule has 0 radical (unpaired) electrons.